The Hall–Kier alpha value is -2.64. The third-order valence-corrected chi connectivity index (χ3v) is 6.08. The number of hydrogen-bond acceptors (Lipinski definition) is 4. The van der Waals surface area contributed by atoms with Gasteiger partial charge >= 0.3 is 0 Å². The largest absolute Gasteiger partial charge is 0.370 e. The van der Waals surface area contributed by atoms with Crippen molar-refractivity contribution in [3.8, 4) is 11.1 Å². The molecule has 0 saturated carbocycles. The minimum absolute atomic E-state index is 0.0163. The fourth-order valence-electron chi connectivity index (χ4n) is 3.89. The summed E-state index contributed by atoms with van der Waals surface area (Å²) in [6.07, 6.45) is 4.63. The molecule has 3 unspecified atom stereocenters. The van der Waals surface area contributed by atoms with Crippen molar-refractivity contribution in [2.24, 2.45) is 16.5 Å². The number of aromatic nitrogens is 1. The fraction of sp³-hybridized carbons (Fsp3) is 0.435. The van der Waals surface area contributed by atoms with Gasteiger partial charge in [0.2, 0.25) is 0 Å². The number of amides is 1. The second kappa shape index (κ2) is 10.6. The van der Waals surface area contributed by atoms with Crippen LogP contribution in [0.1, 0.15) is 47.8 Å². The monoisotopic (exact) mass is 442 g/mol. The molecule has 1 aliphatic rings. The molecule has 31 heavy (non-hydrogen) atoms. The summed E-state index contributed by atoms with van der Waals surface area (Å²) in [5.41, 5.74) is 15.2. The summed E-state index contributed by atoms with van der Waals surface area (Å²) < 4.78 is 0. The zero-order valence-corrected chi connectivity index (χ0v) is 18.8. The molecule has 3 atom stereocenters. The van der Waals surface area contributed by atoms with Gasteiger partial charge in [-0.2, -0.15) is 0 Å². The Balaban J connectivity index is 1.78. The lowest BCUT2D eigenvalue weighted by Crippen LogP contribution is -2.52. The maximum Gasteiger partial charge on any atom is 0.251 e. The third-order valence-electron chi connectivity index (χ3n) is 5.56. The molecule has 6 N–H and O–H groups in total. The summed E-state index contributed by atoms with van der Waals surface area (Å²) in [6.45, 7) is 4.92. The van der Waals surface area contributed by atoms with Crippen molar-refractivity contribution in [1.82, 2.24) is 15.6 Å². The minimum Gasteiger partial charge on any atom is -0.370 e. The highest BCUT2D eigenvalue weighted by Gasteiger charge is 2.27. The van der Waals surface area contributed by atoms with Crippen LogP contribution in [0.5, 0.6) is 0 Å². The predicted molar refractivity (Wildman–Crippen MR) is 126 cm³/mol. The van der Waals surface area contributed by atoms with Crippen LogP contribution < -0.4 is 22.1 Å². The molecule has 8 heteroatoms. The Kier molecular flexibility index (Phi) is 7.87. The number of benzene rings is 1. The van der Waals surface area contributed by atoms with Gasteiger partial charge in [0.15, 0.2) is 5.96 Å². The lowest BCUT2D eigenvalue weighted by atomic mass is 9.96. The summed E-state index contributed by atoms with van der Waals surface area (Å²) in [5.74, 6) is -0.107. The van der Waals surface area contributed by atoms with E-state index < -0.39 is 0 Å². The molecule has 1 aromatic carbocycles. The number of nitrogens with two attached hydrogens (primary N) is 2. The molecule has 1 aliphatic heterocycles. The Labute approximate surface area is 188 Å². The molecule has 1 aromatic heterocycles. The van der Waals surface area contributed by atoms with Crippen LogP contribution in [0, 0.1) is 6.92 Å². The fourth-order valence-corrected chi connectivity index (χ4v) is 4.27. The van der Waals surface area contributed by atoms with Crippen molar-refractivity contribution in [2.45, 2.75) is 57.1 Å². The number of aliphatic imine (C=N–C) groups is 1. The Bertz CT molecular complexity index is 943. The van der Waals surface area contributed by atoms with Gasteiger partial charge in [-0.25, -0.2) is 4.99 Å². The van der Waals surface area contributed by atoms with E-state index in [0.717, 1.165) is 41.6 Å². The van der Waals surface area contributed by atoms with Crippen molar-refractivity contribution in [3.63, 3.8) is 0 Å². The molecule has 3 rings (SSSR count). The number of piperidine rings is 1. The van der Waals surface area contributed by atoms with Crippen LogP contribution in [0.3, 0.4) is 0 Å². The van der Waals surface area contributed by atoms with Gasteiger partial charge in [0, 0.05) is 41.5 Å². The summed E-state index contributed by atoms with van der Waals surface area (Å²) >= 11 is 6.38. The lowest BCUT2D eigenvalue weighted by molar-refractivity contribution is 0.0946. The molecule has 2 heterocycles. The Morgan fingerprint density at radius 1 is 1.26 bits per heavy atom. The number of hydrogen-bond donors (Lipinski definition) is 4. The van der Waals surface area contributed by atoms with E-state index in [4.69, 9.17) is 23.1 Å². The number of carbonyl (C=O) groups excluding carboxylic acids is 1. The maximum absolute atomic E-state index is 13.0. The highest BCUT2D eigenvalue weighted by Crippen LogP contribution is 2.24. The molecule has 0 radical (unpaired) electrons. The average molecular weight is 443 g/mol. The summed E-state index contributed by atoms with van der Waals surface area (Å²) in [5, 5.41) is 6.77. The van der Waals surface area contributed by atoms with Crippen LogP contribution in [-0.2, 0) is 6.54 Å². The van der Waals surface area contributed by atoms with Crippen molar-refractivity contribution in [1.29, 1.82) is 0 Å². The number of rotatable bonds is 7. The highest BCUT2D eigenvalue weighted by molar-refractivity contribution is 6.21. The van der Waals surface area contributed by atoms with Crippen molar-refractivity contribution >= 4 is 23.5 Å². The maximum atomic E-state index is 13.0. The Morgan fingerprint density at radius 2 is 2.06 bits per heavy atom. The number of nitrogens with zero attached hydrogens (tertiary/aromatic N) is 2. The van der Waals surface area contributed by atoms with E-state index in [1.807, 2.05) is 37.3 Å². The van der Waals surface area contributed by atoms with Crippen molar-refractivity contribution in [3.05, 3.63) is 53.3 Å². The highest BCUT2D eigenvalue weighted by atomic mass is 35.5. The van der Waals surface area contributed by atoms with E-state index >= 15 is 0 Å². The van der Waals surface area contributed by atoms with Gasteiger partial charge in [-0.05, 0) is 73.2 Å². The van der Waals surface area contributed by atoms with E-state index in [0.29, 0.717) is 18.7 Å². The van der Waals surface area contributed by atoms with Crippen LogP contribution in [0.25, 0.3) is 11.1 Å². The standard InChI is InChI=1S/C23H31ClN6O/c1-3-21-20(24)5-4-19(30-21)13-28-22(31)18-10-15(12-29-23(25)26)9-17(11-18)16-6-7-27-14(2)8-16/h6-11,19-21,30H,3-5,12-13H2,1-2H3,(H,28,31)(H4,25,26,29). The molecule has 0 spiro atoms. The van der Waals surface area contributed by atoms with E-state index in [-0.39, 0.29) is 29.3 Å². The number of pyridine rings is 1. The van der Waals surface area contributed by atoms with Gasteiger partial charge in [-0.3, -0.25) is 9.78 Å². The summed E-state index contributed by atoms with van der Waals surface area (Å²) in [7, 11) is 0. The molecule has 0 aliphatic carbocycles. The smallest absolute Gasteiger partial charge is 0.251 e. The molecule has 7 nitrogen and oxygen atoms in total. The van der Waals surface area contributed by atoms with Gasteiger partial charge in [-0.15, -0.1) is 11.6 Å². The van der Waals surface area contributed by atoms with Crippen LogP contribution in [0.4, 0.5) is 0 Å². The first-order valence-electron chi connectivity index (χ1n) is 10.7. The van der Waals surface area contributed by atoms with Crippen LogP contribution in [-0.4, -0.2) is 40.9 Å². The first kappa shape index (κ1) is 23.0. The molecule has 1 amide bonds. The van der Waals surface area contributed by atoms with Crippen LogP contribution >= 0.6 is 11.6 Å². The quantitative estimate of drug-likeness (QED) is 0.298. The molecule has 1 fully saturated rings. The van der Waals surface area contributed by atoms with E-state index in [9.17, 15) is 4.79 Å². The topological polar surface area (TPSA) is 118 Å². The molecular weight excluding hydrogens is 412 g/mol. The van der Waals surface area contributed by atoms with E-state index in [1.165, 1.54) is 0 Å². The van der Waals surface area contributed by atoms with Gasteiger partial charge in [-0.1, -0.05) is 6.92 Å². The van der Waals surface area contributed by atoms with Gasteiger partial charge in [0.05, 0.1) is 6.54 Å². The number of guanidine groups is 1. The summed E-state index contributed by atoms with van der Waals surface area (Å²) in [4.78, 5) is 21.3. The molecule has 166 valence electrons. The Morgan fingerprint density at radius 3 is 2.77 bits per heavy atom. The number of aryl methyl sites for hydroxylation is 1. The normalized spacial score (nSPS) is 20.8. The van der Waals surface area contributed by atoms with Gasteiger partial charge in [0.1, 0.15) is 0 Å². The predicted octanol–water partition coefficient (Wildman–Crippen LogP) is 2.70. The lowest BCUT2D eigenvalue weighted by Gasteiger charge is -2.34. The van der Waals surface area contributed by atoms with E-state index in [1.54, 1.807) is 6.20 Å². The number of carbonyl (C=O) groups is 1. The van der Waals surface area contributed by atoms with Gasteiger partial charge in [0.25, 0.3) is 5.91 Å². The summed E-state index contributed by atoms with van der Waals surface area (Å²) in [6, 6.07) is 10.1. The number of alkyl halides is 1. The minimum atomic E-state index is -0.124. The van der Waals surface area contributed by atoms with E-state index in [2.05, 4.69) is 27.5 Å². The molecule has 2 aromatic rings. The first-order valence-corrected chi connectivity index (χ1v) is 11.1. The van der Waals surface area contributed by atoms with Gasteiger partial charge < -0.3 is 22.1 Å². The SMILES string of the molecule is CCC1NC(CNC(=O)c2cc(CN=C(N)N)cc(-c3ccnc(C)c3)c2)CCC1Cl. The molecule has 1 saturated heterocycles. The third kappa shape index (κ3) is 6.42. The number of nitrogens with one attached hydrogen (secondary N) is 2. The zero-order valence-electron chi connectivity index (χ0n) is 18.1. The number of halogens is 1. The zero-order chi connectivity index (χ0) is 22.4. The molecular formula is C23H31ClN6O. The van der Waals surface area contributed by atoms with Crippen LogP contribution in [0.2, 0.25) is 0 Å². The molecule has 0 bridgehead atoms. The second-order valence-corrected chi connectivity index (χ2v) is 8.59. The average Bonchev–Trinajstić information content (AvgIpc) is 2.76. The van der Waals surface area contributed by atoms with Crippen molar-refractivity contribution < 1.29 is 4.79 Å². The first-order chi connectivity index (χ1) is 14.9. The van der Waals surface area contributed by atoms with Crippen LogP contribution in [0.15, 0.2) is 41.5 Å². The van der Waals surface area contributed by atoms with Crippen molar-refractivity contribution in [2.75, 3.05) is 6.54 Å². The second-order valence-electron chi connectivity index (χ2n) is 8.03.